The van der Waals surface area contributed by atoms with Gasteiger partial charge in [0.25, 0.3) is 0 Å². The Morgan fingerprint density at radius 3 is 1.52 bits per heavy atom. The molecule has 0 radical (unpaired) electrons. The predicted molar refractivity (Wildman–Crippen MR) is 256 cm³/mol. The van der Waals surface area contributed by atoms with Crippen LogP contribution < -0.4 is 0 Å². The van der Waals surface area contributed by atoms with Crippen LogP contribution in [0.25, 0.3) is 0 Å². The summed E-state index contributed by atoms with van der Waals surface area (Å²) < 4.78 is 20.8. The SMILES string of the molecule is C.CC(C)CN1CCCCC1.CC(C)Cc1ccc(CN2CCOCC2)cc1.CC(C)c1cc(CN2CCOCC2)on1.Cc1cc(C(C)C)no1.Cc1ncc(C(C)C)s1. The molecule has 3 aromatic heterocycles. The van der Waals surface area contributed by atoms with Gasteiger partial charge in [0, 0.05) is 62.5 Å². The van der Waals surface area contributed by atoms with Crippen molar-refractivity contribution in [1.29, 1.82) is 0 Å². The summed E-state index contributed by atoms with van der Waals surface area (Å²) in [6.45, 7) is 39.3. The molecule has 7 rings (SSSR count). The van der Waals surface area contributed by atoms with Crippen LogP contribution in [0.15, 0.2) is 51.6 Å². The summed E-state index contributed by atoms with van der Waals surface area (Å²) in [7, 11) is 0. The van der Waals surface area contributed by atoms with E-state index in [1.165, 1.54) is 66.3 Å². The summed E-state index contributed by atoms with van der Waals surface area (Å²) in [5, 5.41) is 9.05. The number of thiazole rings is 1. The molecule has 346 valence electrons. The minimum atomic E-state index is 0. The summed E-state index contributed by atoms with van der Waals surface area (Å²) in [5.74, 6) is 4.98. The van der Waals surface area contributed by atoms with Crippen molar-refractivity contribution >= 4 is 11.3 Å². The number of hydrogen-bond acceptors (Lipinski definition) is 11. The van der Waals surface area contributed by atoms with Crippen LogP contribution >= 0.6 is 11.3 Å². The van der Waals surface area contributed by atoms with Crippen LogP contribution in [-0.4, -0.2) is 102 Å². The van der Waals surface area contributed by atoms with E-state index >= 15 is 0 Å². The predicted octanol–water partition coefficient (Wildman–Crippen LogP) is 11.8. The van der Waals surface area contributed by atoms with Gasteiger partial charge in [0.2, 0.25) is 0 Å². The zero-order valence-corrected chi connectivity index (χ0v) is 40.5. The van der Waals surface area contributed by atoms with E-state index in [4.69, 9.17) is 18.5 Å². The van der Waals surface area contributed by atoms with Gasteiger partial charge in [-0.2, -0.15) is 0 Å². The van der Waals surface area contributed by atoms with Crippen molar-refractivity contribution in [2.24, 2.45) is 11.8 Å². The molecule has 61 heavy (non-hydrogen) atoms. The number of ether oxygens (including phenoxy) is 2. The van der Waals surface area contributed by atoms with Gasteiger partial charge in [0.1, 0.15) is 5.76 Å². The zero-order chi connectivity index (χ0) is 43.9. The molecule has 3 fully saturated rings. The van der Waals surface area contributed by atoms with Crippen molar-refractivity contribution in [2.45, 2.75) is 147 Å². The highest BCUT2D eigenvalue weighted by Gasteiger charge is 2.15. The molecule has 1 aromatic carbocycles. The molecule has 3 saturated heterocycles. The fraction of sp³-hybridized carbons (Fsp3) is 0.700. The number of rotatable bonds is 11. The largest absolute Gasteiger partial charge is 0.379 e. The lowest BCUT2D eigenvalue weighted by Crippen LogP contribution is -2.35. The molecule has 0 aliphatic carbocycles. The average molecular weight is 867 g/mol. The van der Waals surface area contributed by atoms with Crippen molar-refractivity contribution in [3.05, 3.63) is 86.5 Å². The second kappa shape index (κ2) is 30.2. The Labute approximate surface area is 376 Å². The molecule has 4 aromatic rings. The van der Waals surface area contributed by atoms with E-state index in [2.05, 4.69) is 130 Å². The Morgan fingerprint density at radius 1 is 0.590 bits per heavy atom. The van der Waals surface area contributed by atoms with Crippen LogP contribution in [0.5, 0.6) is 0 Å². The molecule has 3 aliphatic rings. The van der Waals surface area contributed by atoms with E-state index < -0.39 is 0 Å². The Hall–Kier alpha value is -2.93. The molecular formula is C50H86N6O4S. The van der Waals surface area contributed by atoms with Gasteiger partial charge in [-0.05, 0) is 86.9 Å². The third-order valence-corrected chi connectivity index (χ3v) is 11.6. The maximum Gasteiger partial charge on any atom is 0.150 e. The Kier molecular flexibility index (Phi) is 26.8. The minimum Gasteiger partial charge on any atom is -0.379 e. The third kappa shape index (κ3) is 23.4. The number of likely N-dealkylation sites (tertiary alicyclic amines) is 1. The fourth-order valence-corrected chi connectivity index (χ4v) is 7.67. The van der Waals surface area contributed by atoms with Gasteiger partial charge in [0.15, 0.2) is 5.76 Å². The molecule has 0 amide bonds. The monoisotopic (exact) mass is 867 g/mol. The van der Waals surface area contributed by atoms with Gasteiger partial charge >= 0.3 is 0 Å². The van der Waals surface area contributed by atoms with E-state index in [0.717, 1.165) is 100 Å². The first-order valence-corrected chi connectivity index (χ1v) is 23.7. The molecule has 3 aliphatic heterocycles. The lowest BCUT2D eigenvalue weighted by molar-refractivity contribution is 0.0305. The number of benzene rings is 1. The number of nitrogens with zero attached hydrogens (tertiary/aromatic N) is 6. The quantitative estimate of drug-likeness (QED) is 0.145. The minimum absolute atomic E-state index is 0. The highest BCUT2D eigenvalue weighted by Crippen LogP contribution is 2.21. The topological polar surface area (TPSA) is 93.1 Å². The highest BCUT2D eigenvalue weighted by atomic mass is 32.1. The molecule has 0 unspecified atom stereocenters. The first kappa shape index (κ1) is 54.2. The molecule has 0 saturated carbocycles. The zero-order valence-electron chi connectivity index (χ0n) is 39.7. The van der Waals surface area contributed by atoms with Crippen LogP contribution in [0.4, 0.5) is 0 Å². The molecule has 0 N–H and O–H groups in total. The second-order valence-electron chi connectivity index (χ2n) is 18.3. The molecule has 6 heterocycles. The molecule has 0 bridgehead atoms. The molecule has 10 nitrogen and oxygen atoms in total. The first-order valence-electron chi connectivity index (χ1n) is 22.9. The Morgan fingerprint density at radius 2 is 1.11 bits per heavy atom. The summed E-state index contributed by atoms with van der Waals surface area (Å²) in [6.07, 6.45) is 7.44. The number of hydrogen-bond donors (Lipinski definition) is 0. The number of aromatic nitrogens is 3. The van der Waals surface area contributed by atoms with E-state index in [9.17, 15) is 0 Å². The van der Waals surface area contributed by atoms with Crippen LogP contribution in [0.3, 0.4) is 0 Å². The van der Waals surface area contributed by atoms with Crippen LogP contribution in [0, 0.1) is 25.7 Å². The fourth-order valence-electron chi connectivity index (χ4n) is 6.89. The lowest BCUT2D eigenvalue weighted by atomic mass is 10.0. The molecule has 0 atom stereocenters. The van der Waals surface area contributed by atoms with Crippen molar-refractivity contribution in [3.63, 3.8) is 0 Å². The first-order chi connectivity index (χ1) is 28.7. The van der Waals surface area contributed by atoms with Crippen molar-refractivity contribution in [3.8, 4) is 0 Å². The number of morpholine rings is 2. The van der Waals surface area contributed by atoms with E-state index in [1.54, 1.807) is 11.3 Å². The van der Waals surface area contributed by atoms with E-state index in [-0.39, 0.29) is 7.43 Å². The summed E-state index contributed by atoms with van der Waals surface area (Å²) in [4.78, 5) is 12.9. The van der Waals surface area contributed by atoms with Crippen molar-refractivity contribution in [1.82, 2.24) is 30.0 Å². The van der Waals surface area contributed by atoms with Crippen molar-refractivity contribution < 1.29 is 18.5 Å². The maximum atomic E-state index is 5.36. The summed E-state index contributed by atoms with van der Waals surface area (Å²) in [6, 6.07) is 13.1. The van der Waals surface area contributed by atoms with Crippen LogP contribution in [-0.2, 0) is 29.0 Å². The standard InChI is InChI=1S/C15H23NO.C11H18N2O2.C9H19N.C7H11NO.C7H11NS.CH4/c1-13(2)11-14-3-5-15(6-4-14)12-16-7-9-17-10-8-16;1-9(2)11-7-10(15-12-11)8-13-3-5-14-6-4-13;1-9(2)8-10-6-4-3-5-7-10;1-5(2)7-4-6(3)9-8-7;1-5(2)7-4-8-6(3)9-7;/h3-6,13H,7-12H2,1-2H3;7,9H,3-6,8H2,1-2H3;9H,3-8H2,1-2H3;2*4-5H,1-3H3;1H4. The molecule has 11 heteroatoms. The molecule has 0 spiro atoms. The van der Waals surface area contributed by atoms with Gasteiger partial charge in [-0.1, -0.05) is 118 Å². The van der Waals surface area contributed by atoms with E-state index in [0.29, 0.717) is 17.8 Å². The Bertz CT molecular complexity index is 1600. The van der Waals surface area contributed by atoms with Gasteiger partial charge in [-0.25, -0.2) is 4.98 Å². The van der Waals surface area contributed by atoms with Gasteiger partial charge < -0.3 is 23.4 Å². The maximum absolute atomic E-state index is 5.36. The second-order valence-corrected chi connectivity index (χ2v) is 19.5. The van der Waals surface area contributed by atoms with Crippen LogP contribution in [0.2, 0.25) is 0 Å². The van der Waals surface area contributed by atoms with Crippen molar-refractivity contribution in [2.75, 3.05) is 72.2 Å². The Balaban J connectivity index is 0.000000268. The van der Waals surface area contributed by atoms with Crippen LogP contribution in [0.1, 0.15) is 158 Å². The normalized spacial score (nSPS) is 16.2. The summed E-state index contributed by atoms with van der Waals surface area (Å²) in [5.41, 5.74) is 4.94. The lowest BCUT2D eigenvalue weighted by Gasteiger charge is -2.27. The molecular weight excluding hydrogens is 781 g/mol. The third-order valence-electron chi connectivity index (χ3n) is 10.3. The van der Waals surface area contributed by atoms with Gasteiger partial charge in [-0.3, -0.25) is 9.80 Å². The van der Waals surface area contributed by atoms with E-state index in [1.807, 2.05) is 26.1 Å². The highest BCUT2D eigenvalue weighted by molar-refractivity contribution is 7.11. The van der Waals surface area contributed by atoms with Gasteiger partial charge in [-0.15, -0.1) is 11.3 Å². The number of aryl methyl sites for hydroxylation is 2. The summed E-state index contributed by atoms with van der Waals surface area (Å²) >= 11 is 1.78. The number of piperidine rings is 1. The van der Waals surface area contributed by atoms with Gasteiger partial charge in [0.05, 0.1) is 49.4 Å². The average Bonchev–Trinajstić information content (AvgIpc) is 3.99. The smallest absolute Gasteiger partial charge is 0.150 e.